The number of rotatable bonds is 26. The van der Waals surface area contributed by atoms with E-state index in [1.54, 1.807) is 137 Å². The molecule has 7 amide bonds. The van der Waals surface area contributed by atoms with Crippen LogP contribution in [0.3, 0.4) is 0 Å². The molecule has 0 unspecified atom stereocenters. The highest BCUT2D eigenvalue weighted by atomic mass is 32.2. The van der Waals surface area contributed by atoms with Crippen molar-refractivity contribution in [2.75, 3.05) is 27.3 Å². The second kappa shape index (κ2) is 31.1. The van der Waals surface area contributed by atoms with E-state index in [1.807, 2.05) is 42.5 Å². The molecule has 6 heterocycles. The number of aromatic nitrogens is 4. The molecule has 30 heteroatoms. The van der Waals surface area contributed by atoms with Crippen LogP contribution in [0.2, 0.25) is 0 Å². The summed E-state index contributed by atoms with van der Waals surface area (Å²) >= 11 is 0. The van der Waals surface area contributed by atoms with Crippen molar-refractivity contribution in [1.29, 1.82) is 0 Å². The maximum atomic E-state index is 14.8. The van der Waals surface area contributed by atoms with Crippen LogP contribution in [0.15, 0.2) is 123 Å². The smallest absolute Gasteiger partial charge is 0.411 e. The lowest BCUT2D eigenvalue weighted by Crippen LogP contribution is -2.60. The van der Waals surface area contributed by atoms with Crippen LogP contribution in [0.5, 0.6) is 23.0 Å². The van der Waals surface area contributed by atoms with Gasteiger partial charge in [-0.15, -0.1) is 13.2 Å². The molecule has 8 fully saturated rings. The minimum atomic E-state index is -4.04. The number of alkyl carbamates (subject to hydrolysis) is 1. The van der Waals surface area contributed by atoms with Gasteiger partial charge < -0.3 is 49.3 Å². The van der Waals surface area contributed by atoms with Crippen LogP contribution in [0.25, 0.3) is 44.6 Å². The Labute approximate surface area is 660 Å². The van der Waals surface area contributed by atoms with Gasteiger partial charge in [0.25, 0.3) is 11.8 Å². The number of amides is 7. The van der Waals surface area contributed by atoms with Gasteiger partial charge in [0.1, 0.15) is 75.6 Å². The summed E-state index contributed by atoms with van der Waals surface area (Å²) in [6.45, 7) is 23.3. The summed E-state index contributed by atoms with van der Waals surface area (Å²) in [5, 5.41) is 9.79. The minimum absolute atomic E-state index is 0. The van der Waals surface area contributed by atoms with Gasteiger partial charge in [0.15, 0.2) is 0 Å². The molecule has 0 radical (unpaired) electrons. The normalized spacial score (nSPS) is 24.1. The number of hydrogen-bond acceptors (Lipinski definition) is 21. The summed E-state index contributed by atoms with van der Waals surface area (Å²) in [4.78, 5) is 119. The zero-order valence-corrected chi connectivity index (χ0v) is 66.9. The second-order valence-electron chi connectivity index (χ2n) is 34.3. The highest BCUT2D eigenvalue weighted by Gasteiger charge is 2.66. The molecule has 9 atom stereocenters. The van der Waals surface area contributed by atoms with Crippen molar-refractivity contribution in [3.8, 4) is 45.8 Å². The van der Waals surface area contributed by atoms with Crippen LogP contribution in [0.4, 0.5) is 9.59 Å². The fourth-order valence-corrected chi connectivity index (χ4v) is 18.7. The molecule has 28 nitrogen and oxygen atoms in total. The van der Waals surface area contributed by atoms with E-state index < -0.39 is 141 Å². The number of nitrogens with one attached hydrogen (secondary N) is 5. The van der Waals surface area contributed by atoms with E-state index in [9.17, 15) is 50.4 Å². The lowest BCUT2D eigenvalue weighted by atomic mass is 9.85. The van der Waals surface area contributed by atoms with Gasteiger partial charge in [-0.05, 0) is 159 Å². The van der Waals surface area contributed by atoms with Gasteiger partial charge in [-0.2, -0.15) is 0 Å². The Morgan fingerprint density at radius 3 is 1.34 bits per heavy atom. The van der Waals surface area contributed by atoms with E-state index in [2.05, 4.69) is 48.5 Å². The molecule has 6 aromatic rings. The molecule has 0 bridgehead atoms. The Balaban J connectivity index is 0.000000209. The summed E-state index contributed by atoms with van der Waals surface area (Å²) in [5.74, 6) is -1.71. The van der Waals surface area contributed by atoms with Crippen LogP contribution in [-0.2, 0) is 53.5 Å². The number of ether oxygens (including phenoxy) is 6. The van der Waals surface area contributed by atoms with Gasteiger partial charge in [-0.3, -0.25) is 48.3 Å². The number of pyridine rings is 4. The highest BCUT2D eigenvalue weighted by molar-refractivity contribution is 7.92. The van der Waals surface area contributed by atoms with Crippen LogP contribution < -0.4 is 44.3 Å². The highest BCUT2D eigenvalue weighted by Crippen LogP contribution is 2.55. The Kier molecular flexibility index (Phi) is 22.7. The molecule has 2 saturated heterocycles. The molecule has 14 rings (SSSR count). The van der Waals surface area contributed by atoms with E-state index in [0.29, 0.717) is 118 Å². The van der Waals surface area contributed by atoms with Crippen molar-refractivity contribution in [2.24, 2.45) is 29.1 Å². The summed E-state index contributed by atoms with van der Waals surface area (Å²) in [6, 6.07) is 21.9. The number of carbonyl (C=O) groups is 7. The fourth-order valence-electron chi connectivity index (χ4n) is 15.2. The number of likely N-dealkylation sites (tertiary alicyclic amines) is 2. The van der Waals surface area contributed by atoms with Crippen LogP contribution in [-0.4, -0.2) is 178 Å². The number of sulfonamides is 2. The summed E-state index contributed by atoms with van der Waals surface area (Å²) < 4.78 is 92.4. The molecule has 4 aromatic heterocycles. The Morgan fingerprint density at radius 1 is 0.566 bits per heavy atom. The van der Waals surface area contributed by atoms with Crippen LogP contribution in [0.1, 0.15) is 160 Å². The zero-order chi connectivity index (χ0) is 80.5. The first kappa shape index (κ1) is 82.5. The van der Waals surface area contributed by atoms with Crippen molar-refractivity contribution in [2.45, 2.75) is 222 Å². The van der Waals surface area contributed by atoms with Gasteiger partial charge in [-0.1, -0.05) is 78.2 Å². The third-order valence-corrected chi connectivity index (χ3v) is 26.6. The van der Waals surface area contributed by atoms with Gasteiger partial charge in [-0.25, -0.2) is 36.4 Å². The predicted molar refractivity (Wildman–Crippen MR) is 424 cm³/mol. The molecular formula is C83H105N11O17S2. The topological polar surface area (TPSA) is 361 Å². The number of nitrogens with zero attached hydrogens (tertiary/aromatic N) is 6. The number of methoxy groups -OCH3 is 2. The quantitative estimate of drug-likeness (QED) is 0.0315. The number of fused-ring (bicyclic) bond motifs is 2. The average Bonchev–Trinajstić information content (AvgIpc) is 1.58. The minimum Gasteiger partial charge on any atom is -0.497 e. The lowest BCUT2D eigenvalue weighted by molar-refractivity contribution is -0.143. The maximum Gasteiger partial charge on any atom is 0.411 e. The van der Waals surface area contributed by atoms with Gasteiger partial charge >= 0.3 is 12.2 Å². The first-order valence-corrected chi connectivity index (χ1v) is 41.3. The van der Waals surface area contributed by atoms with E-state index in [1.165, 1.54) is 15.9 Å². The largest absolute Gasteiger partial charge is 0.497 e. The summed E-state index contributed by atoms with van der Waals surface area (Å²) in [6.07, 6.45) is 10.8. The van der Waals surface area contributed by atoms with Crippen LogP contribution in [0, 0.1) is 29.1 Å². The molecule has 6 aliphatic carbocycles. The fraction of sp³-hybridized carbons (Fsp3) is 0.530. The molecular weight excluding hydrogens is 1490 g/mol. The molecule has 8 aliphatic rings. The molecule has 5 N–H and O–H groups in total. The van der Waals surface area contributed by atoms with Crippen molar-refractivity contribution >= 4 is 83.6 Å². The third kappa shape index (κ3) is 18.0. The first-order chi connectivity index (χ1) is 52.8. The summed E-state index contributed by atoms with van der Waals surface area (Å²) in [7, 11) is -4.88. The molecule has 2 aromatic carbocycles. The first-order valence-electron chi connectivity index (χ1n) is 38.3. The molecule has 0 spiro atoms. The average molecular weight is 1590 g/mol. The Hall–Kier alpha value is -9.97. The van der Waals surface area contributed by atoms with Crippen LogP contribution >= 0.6 is 0 Å². The summed E-state index contributed by atoms with van der Waals surface area (Å²) in [5.41, 5.74) is -2.17. The van der Waals surface area contributed by atoms with Crippen molar-refractivity contribution < 1.29 is 78.8 Å². The molecule has 6 saturated carbocycles. The van der Waals surface area contributed by atoms with E-state index >= 15 is 0 Å². The van der Waals surface area contributed by atoms with E-state index in [-0.39, 0.29) is 46.2 Å². The van der Waals surface area contributed by atoms with Crippen molar-refractivity contribution in [3.05, 3.63) is 123 Å². The standard InChI is InChI=1S/C44H56N6O9S.C38H45N5O8S.CH4/c1-9-27-24-44(27,39(53)49-60(55,56)43(17-18-43)23-26-13-14-26)48-37(51)34-21-29(25-50(34)38(52)36(41(2,3)4)47-40(54)59-42(5,6)7)58-35-22-33(31-12-10-11-19-45-31)46-32-20-28(57-8)15-16-30(32)35;1-6-24-21-38(24,34(45)42-52(47,48)37(14-15-37)20-23-10-11-23)41-33(44)31-18-26(22-43(31)35(46)51-36(2,3)4)50-32-19-30(28-9-7-8-16-39-28)40-29-17-25(49-5)12-13-27(29)32;/h9-12,15-16,19-20,22,26-27,29,34,36H,1,13-14,17-18,21,23-25H2,2-8H3,(H,47,54)(H,48,51)(H,49,53);6-9,12-13,16-17,19,23-24,26,31H,1,10-11,14-15,18,20-22H2,2-5H3,(H,41,44)(H,42,45);1H4/t27-,29-,34+,36-,44-;24-,26-,31+,38-;/m11./s1. The van der Waals surface area contributed by atoms with E-state index in [0.717, 1.165) is 25.7 Å². The SMILES string of the molecule is C.C=C[C@@H]1C[C@]1(NC(=O)[C@@H]1C[C@@H](Oc2cc(-c3ccccn3)nc3cc(OC)ccc23)CN1C(=O)OC(C)(C)C)C(=O)NS(=O)(=O)C1(CC2CC2)CC1.C=C[C@@H]1C[C@]1(NC(=O)[C@@H]1C[C@@H](Oc2cc(-c3ccccn3)nc3cc(OC)ccc23)CN1C(=O)[C@@H](NC(=O)OC(C)(C)C)C(C)(C)C)C(=O)NS(=O)(=O)C1(CC2CC2)CC1. The van der Waals surface area contributed by atoms with E-state index in [4.69, 9.17) is 38.4 Å². The zero-order valence-electron chi connectivity index (χ0n) is 65.3. The Bertz CT molecular complexity index is 4940. The molecule has 113 heavy (non-hydrogen) atoms. The monoisotopic (exact) mass is 1590 g/mol. The Morgan fingerprint density at radius 2 is 0.982 bits per heavy atom. The van der Waals surface area contributed by atoms with Gasteiger partial charge in [0.05, 0.1) is 70.6 Å². The molecule has 606 valence electrons. The molecule has 2 aliphatic heterocycles. The predicted octanol–water partition coefficient (Wildman–Crippen LogP) is 11.0. The maximum absolute atomic E-state index is 14.8. The van der Waals surface area contributed by atoms with Crippen molar-refractivity contribution in [1.82, 2.24) is 55.1 Å². The third-order valence-electron chi connectivity index (χ3n) is 22.2. The van der Waals surface area contributed by atoms with Crippen molar-refractivity contribution in [3.63, 3.8) is 0 Å². The number of hydrogen-bond donors (Lipinski definition) is 5. The van der Waals surface area contributed by atoms with Gasteiger partial charge in [0, 0.05) is 72.1 Å². The van der Waals surface area contributed by atoms with Gasteiger partial charge in [0.2, 0.25) is 37.8 Å². The number of carbonyl (C=O) groups excluding carboxylic acids is 7. The second-order valence-corrected chi connectivity index (χ2v) is 38.5. The number of benzene rings is 2. The lowest BCUT2D eigenvalue weighted by Gasteiger charge is -2.36.